The van der Waals surface area contributed by atoms with Crippen LogP contribution in [0.15, 0.2) is 36.4 Å². The molecule has 0 amide bonds. The molecule has 0 saturated carbocycles. The summed E-state index contributed by atoms with van der Waals surface area (Å²) in [4.78, 5) is 2.17. The van der Waals surface area contributed by atoms with E-state index in [4.69, 9.17) is 10.1 Å². The van der Waals surface area contributed by atoms with Gasteiger partial charge in [-0.2, -0.15) is 0 Å². The van der Waals surface area contributed by atoms with Gasteiger partial charge in [0.15, 0.2) is 0 Å². The normalized spacial score (nSPS) is 11.0. The number of benzene rings is 2. The first-order valence-electron chi connectivity index (χ1n) is 11.0. The minimum Gasteiger partial charge on any atom is -0.493 e. The van der Waals surface area contributed by atoms with E-state index in [0.29, 0.717) is 5.84 Å². The molecule has 0 spiro atoms. The first-order valence-corrected chi connectivity index (χ1v) is 11.0. The molecule has 29 heavy (non-hydrogen) atoms. The van der Waals surface area contributed by atoms with Crippen LogP contribution in [0.5, 0.6) is 5.75 Å². The van der Waals surface area contributed by atoms with Crippen molar-refractivity contribution in [2.45, 2.75) is 85.2 Å². The predicted molar refractivity (Wildman–Crippen MR) is 129 cm³/mol. The summed E-state index contributed by atoms with van der Waals surface area (Å²) in [5, 5.41) is 11.0. The van der Waals surface area contributed by atoms with Gasteiger partial charge in [-0.15, -0.1) is 12.4 Å². The molecule has 0 aliphatic rings. The third kappa shape index (κ3) is 6.92. The number of unbranched alkanes of at least 4 members (excludes halogenated alkanes) is 5. The van der Waals surface area contributed by atoms with Crippen LogP contribution in [0, 0.1) is 5.41 Å². The van der Waals surface area contributed by atoms with Gasteiger partial charge in [0, 0.05) is 23.0 Å². The molecule has 0 radical (unpaired) electrons. The highest BCUT2D eigenvalue weighted by atomic mass is 35.5. The lowest BCUT2D eigenvalue weighted by atomic mass is 10.0. The molecule has 0 aliphatic carbocycles. The van der Waals surface area contributed by atoms with Gasteiger partial charge in [-0.1, -0.05) is 63.3 Å². The number of ether oxygens (including phenoxy) is 1. The minimum absolute atomic E-state index is 0. The molecule has 2 aromatic rings. The lowest BCUT2D eigenvalue weighted by Gasteiger charge is -2.33. The maximum absolute atomic E-state index is 8.83. The minimum atomic E-state index is 0. The molecule has 1 N–H and O–H groups in total. The molecular weight excluding hydrogens is 380 g/mol. The Morgan fingerprint density at radius 1 is 0.862 bits per heavy atom. The highest BCUT2D eigenvalue weighted by molar-refractivity contribution is 6.09. The van der Waals surface area contributed by atoms with Crippen LogP contribution < -0.4 is 4.74 Å². The van der Waals surface area contributed by atoms with E-state index >= 15 is 0 Å². The Bertz CT molecular complexity index is 750. The SMILES string of the molecule is CCCCCCCCOc1ccc(C(=N)N(C(C)C)C(C)C)c2ccccc12.Cl. The molecule has 0 aliphatic heterocycles. The average Bonchev–Trinajstić information content (AvgIpc) is 2.66. The van der Waals surface area contributed by atoms with Crippen LogP contribution in [0.1, 0.15) is 78.7 Å². The molecule has 4 heteroatoms. The summed E-state index contributed by atoms with van der Waals surface area (Å²) in [6, 6.07) is 13.0. The number of fused-ring (bicyclic) bond motifs is 1. The molecule has 3 nitrogen and oxygen atoms in total. The lowest BCUT2D eigenvalue weighted by molar-refractivity contribution is 0.291. The maximum Gasteiger partial charge on any atom is 0.129 e. The Morgan fingerprint density at radius 3 is 2.07 bits per heavy atom. The average molecular weight is 419 g/mol. The van der Waals surface area contributed by atoms with E-state index in [1.54, 1.807) is 0 Å². The van der Waals surface area contributed by atoms with Crippen molar-refractivity contribution in [1.82, 2.24) is 4.90 Å². The van der Waals surface area contributed by atoms with Crippen molar-refractivity contribution in [3.63, 3.8) is 0 Å². The monoisotopic (exact) mass is 418 g/mol. The van der Waals surface area contributed by atoms with E-state index in [0.717, 1.165) is 35.1 Å². The fraction of sp³-hybridized carbons (Fsp3) is 0.560. The van der Waals surface area contributed by atoms with Gasteiger partial charge >= 0.3 is 0 Å². The van der Waals surface area contributed by atoms with E-state index in [9.17, 15) is 0 Å². The second-order valence-corrected chi connectivity index (χ2v) is 8.22. The third-order valence-electron chi connectivity index (χ3n) is 5.27. The van der Waals surface area contributed by atoms with E-state index in [2.05, 4.69) is 63.8 Å². The van der Waals surface area contributed by atoms with Crippen molar-refractivity contribution >= 4 is 29.0 Å². The van der Waals surface area contributed by atoms with Crippen LogP contribution >= 0.6 is 12.4 Å². The molecule has 2 rings (SSSR count). The summed E-state index contributed by atoms with van der Waals surface area (Å²) in [7, 11) is 0. The van der Waals surface area contributed by atoms with E-state index in [1.807, 2.05) is 12.1 Å². The zero-order valence-electron chi connectivity index (χ0n) is 18.8. The van der Waals surface area contributed by atoms with Gasteiger partial charge in [-0.25, -0.2) is 0 Å². The van der Waals surface area contributed by atoms with Crippen LogP contribution in [0.3, 0.4) is 0 Å². The molecule has 0 bridgehead atoms. The van der Waals surface area contributed by atoms with Gasteiger partial charge in [0.25, 0.3) is 0 Å². The van der Waals surface area contributed by atoms with Gasteiger partial charge in [-0.05, 0) is 51.6 Å². The number of nitrogens with one attached hydrogen (secondary N) is 1. The van der Waals surface area contributed by atoms with Gasteiger partial charge in [0.2, 0.25) is 0 Å². The smallest absolute Gasteiger partial charge is 0.129 e. The number of halogens is 1. The molecule has 0 atom stereocenters. The number of hydrogen-bond donors (Lipinski definition) is 1. The molecule has 0 heterocycles. The summed E-state index contributed by atoms with van der Waals surface area (Å²) in [6.45, 7) is 11.6. The Labute approximate surface area is 183 Å². The van der Waals surface area contributed by atoms with Crippen LogP contribution in [-0.4, -0.2) is 29.4 Å². The van der Waals surface area contributed by atoms with Crippen molar-refractivity contribution in [2.75, 3.05) is 6.61 Å². The van der Waals surface area contributed by atoms with Crippen LogP contribution in [0.2, 0.25) is 0 Å². The van der Waals surface area contributed by atoms with E-state index < -0.39 is 0 Å². The standard InChI is InChI=1S/C25H38N2O.ClH/c1-6-7-8-9-10-13-18-28-24-17-16-23(21-14-11-12-15-22(21)24)25(26)27(19(2)3)20(4)5;/h11-12,14-17,19-20,26H,6-10,13,18H2,1-5H3;1H. The quantitative estimate of drug-likeness (QED) is 0.233. The van der Waals surface area contributed by atoms with Crippen LogP contribution in [-0.2, 0) is 0 Å². The first-order chi connectivity index (χ1) is 13.5. The lowest BCUT2D eigenvalue weighted by Crippen LogP contribution is -2.42. The van der Waals surface area contributed by atoms with Crippen molar-refractivity contribution in [3.8, 4) is 5.75 Å². The number of amidine groups is 1. The molecule has 0 saturated heterocycles. The zero-order chi connectivity index (χ0) is 20.5. The van der Waals surface area contributed by atoms with Crippen LogP contribution in [0.4, 0.5) is 0 Å². The molecule has 162 valence electrons. The fourth-order valence-electron chi connectivity index (χ4n) is 3.92. The molecule has 0 fully saturated rings. The summed E-state index contributed by atoms with van der Waals surface area (Å²) in [6.07, 6.45) is 7.59. The summed E-state index contributed by atoms with van der Waals surface area (Å²) >= 11 is 0. The maximum atomic E-state index is 8.83. The van der Waals surface area contributed by atoms with Crippen molar-refractivity contribution in [3.05, 3.63) is 42.0 Å². The Kier molecular flexibility index (Phi) is 11.1. The van der Waals surface area contributed by atoms with Gasteiger partial charge < -0.3 is 9.64 Å². The summed E-state index contributed by atoms with van der Waals surface area (Å²) < 4.78 is 6.13. The second kappa shape index (κ2) is 12.7. The van der Waals surface area contributed by atoms with Crippen molar-refractivity contribution in [2.24, 2.45) is 0 Å². The van der Waals surface area contributed by atoms with Crippen LogP contribution in [0.25, 0.3) is 10.8 Å². The van der Waals surface area contributed by atoms with Gasteiger partial charge in [-0.3, -0.25) is 5.41 Å². The zero-order valence-corrected chi connectivity index (χ0v) is 19.6. The summed E-state index contributed by atoms with van der Waals surface area (Å²) in [5.41, 5.74) is 0.977. The Balaban J connectivity index is 0.00000420. The highest BCUT2D eigenvalue weighted by Gasteiger charge is 2.20. The molecule has 0 unspecified atom stereocenters. The fourth-order valence-corrected chi connectivity index (χ4v) is 3.92. The summed E-state index contributed by atoms with van der Waals surface area (Å²) in [5.74, 6) is 1.52. The molecule has 2 aromatic carbocycles. The highest BCUT2D eigenvalue weighted by Crippen LogP contribution is 2.30. The molecule has 0 aromatic heterocycles. The Morgan fingerprint density at radius 2 is 1.45 bits per heavy atom. The van der Waals surface area contributed by atoms with E-state index in [1.165, 1.54) is 32.1 Å². The topological polar surface area (TPSA) is 36.3 Å². The van der Waals surface area contributed by atoms with Gasteiger partial charge in [0.1, 0.15) is 11.6 Å². The van der Waals surface area contributed by atoms with Crippen molar-refractivity contribution in [1.29, 1.82) is 5.41 Å². The molecular formula is C25H39ClN2O. The number of rotatable bonds is 11. The van der Waals surface area contributed by atoms with E-state index in [-0.39, 0.29) is 24.5 Å². The predicted octanol–water partition coefficient (Wildman–Crippen LogP) is 7.45. The number of nitrogens with zero attached hydrogens (tertiary/aromatic N) is 1. The van der Waals surface area contributed by atoms with Crippen molar-refractivity contribution < 1.29 is 4.74 Å². The number of hydrogen-bond acceptors (Lipinski definition) is 2. The second-order valence-electron chi connectivity index (χ2n) is 8.22. The van der Waals surface area contributed by atoms with Gasteiger partial charge in [0.05, 0.1) is 6.61 Å². The third-order valence-corrected chi connectivity index (χ3v) is 5.27. The largest absolute Gasteiger partial charge is 0.493 e. The first kappa shape index (κ1) is 25.3. The Hall–Kier alpha value is -1.74.